The topological polar surface area (TPSA) is 68.1 Å². The average molecular weight is 322 g/mol. The zero-order valence-corrected chi connectivity index (χ0v) is 14.2. The summed E-state index contributed by atoms with van der Waals surface area (Å²) in [4.78, 5) is 13.9. The molecule has 2 aromatic rings. The molecule has 1 aliphatic rings. The van der Waals surface area contributed by atoms with Crippen molar-refractivity contribution in [3.8, 4) is 6.07 Å². The van der Waals surface area contributed by atoms with Crippen molar-refractivity contribution in [1.82, 2.24) is 14.9 Å². The highest BCUT2D eigenvalue weighted by atomic mass is 15.3. The van der Waals surface area contributed by atoms with Crippen molar-refractivity contribution in [2.45, 2.75) is 13.8 Å². The van der Waals surface area contributed by atoms with Gasteiger partial charge in [-0.1, -0.05) is 6.92 Å². The number of nitrogens with one attached hydrogen (secondary N) is 1. The first-order chi connectivity index (χ1) is 11.7. The largest absolute Gasteiger partial charge is 0.354 e. The van der Waals surface area contributed by atoms with Gasteiger partial charge in [-0.25, -0.2) is 4.98 Å². The Labute approximate surface area is 142 Å². The maximum Gasteiger partial charge on any atom is 0.229 e. The molecule has 6 heteroatoms. The van der Waals surface area contributed by atoms with Crippen LogP contribution in [-0.2, 0) is 0 Å². The number of hydrogen-bond donors (Lipinski definition) is 1. The molecule has 0 saturated carbocycles. The smallest absolute Gasteiger partial charge is 0.229 e. The number of anilines is 3. The molecule has 6 nitrogen and oxygen atoms in total. The molecule has 0 atom stereocenters. The van der Waals surface area contributed by atoms with Crippen LogP contribution in [0.2, 0.25) is 0 Å². The predicted octanol–water partition coefficient (Wildman–Crippen LogP) is 2.54. The quantitative estimate of drug-likeness (QED) is 0.933. The summed E-state index contributed by atoms with van der Waals surface area (Å²) in [5.41, 5.74) is 2.45. The van der Waals surface area contributed by atoms with E-state index in [2.05, 4.69) is 38.1 Å². The van der Waals surface area contributed by atoms with Crippen molar-refractivity contribution in [2.24, 2.45) is 0 Å². The number of benzene rings is 1. The Morgan fingerprint density at radius 1 is 1.12 bits per heavy atom. The number of rotatable bonds is 4. The van der Waals surface area contributed by atoms with E-state index in [1.165, 1.54) is 0 Å². The van der Waals surface area contributed by atoms with Gasteiger partial charge in [0.1, 0.15) is 5.82 Å². The predicted molar refractivity (Wildman–Crippen MR) is 95.5 cm³/mol. The molecule has 1 aromatic heterocycles. The number of likely N-dealkylation sites (N-methyl/N-ethyl adjacent to an activating group) is 1. The van der Waals surface area contributed by atoms with E-state index in [0.29, 0.717) is 11.5 Å². The highest BCUT2D eigenvalue weighted by Crippen LogP contribution is 2.20. The van der Waals surface area contributed by atoms with Crippen LogP contribution in [0.15, 0.2) is 30.3 Å². The molecule has 0 spiro atoms. The molecule has 0 aliphatic carbocycles. The lowest BCUT2D eigenvalue weighted by Gasteiger charge is -2.34. The second kappa shape index (κ2) is 7.28. The van der Waals surface area contributed by atoms with Crippen LogP contribution in [0.5, 0.6) is 0 Å². The number of aryl methyl sites for hydroxylation is 1. The molecular formula is C18H22N6. The first-order valence-electron chi connectivity index (χ1n) is 8.28. The van der Waals surface area contributed by atoms with Gasteiger partial charge in [-0.15, -0.1) is 0 Å². The van der Waals surface area contributed by atoms with Crippen molar-refractivity contribution >= 4 is 17.5 Å². The van der Waals surface area contributed by atoms with Crippen molar-refractivity contribution in [3.05, 3.63) is 41.6 Å². The van der Waals surface area contributed by atoms with E-state index in [-0.39, 0.29) is 0 Å². The number of hydrogen-bond acceptors (Lipinski definition) is 6. The normalized spacial score (nSPS) is 15.1. The van der Waals surface area contributed by atoms with Gasteiger partial charge in [0.25, 0.3) is 0 Å². The molecule has 24 heavy (non-hydrogen) atoms. The summed E-state index contributed by atoms with van der Waals surface area (Å²) in [5, 5.41) is 12.1. The van der Waals surface area contributed by atoms with Crippen molar-refractivity contribution in [3.63, 3.8) is 0 Å². The lowest BCUT2D eigenvalue weighted by molar-refractivity contribution is 0.270. The van der Waals surface area contributed by atoms with Crippen molar-refractivity contribution in [2.75, 3.05) is 42.9 Å². The van der Waals surface area contributed by atoms with Gasteiger partial charge in [0.05, 0.1) is 11.6 Å². The molecule has 1 aliphatic heterocycles. The van der Waals surface area contributed by atoms with Crippen LogP contribution in [0.1, 0.15) is 18.2 Å². The number of aromatic nitrogens is 2. The molecule has 3 rings (SSSR count). The van der Waals surface area contributed by atoms with Crippen LogP contribution >= 0.6 is 0 Å². The third-order valence-corrected chi connectivity index (χ3v) is 4.25. The van der Waals surface area contributed by atoms with E-state index < -0.39 is 0 Å². The summed E-state index contributed by atoms with van der Waals surface area (Å²) in [6, 6.07) is 11.4. The van der Waals surface area contributed by atoms with Crippen LogP contribution in [0.3, 0.4) is 0 Å². The molecule has 1 N–H and O–H groups in total. The lowest BCUT2D eigenvalue weighted by atomic mass is 10.2. The van der Waals surface area contributed by atoms with E-state index in [1.54, 1.807) is 12.1 Å². The summed E-state index contributed by atoms with van der Waals surface area (Å²) in [6.07, 6.45) is 0. The summed E-state index contributed by atoms with van der Waals surface area (Å²) >= 11 is 0. The Balaban J connectivity index is 1.75. The van der Waals surface area contributed by atoms with Gasteiger partial charge in [-0.3, -0.25) is 0 Å². The fraction of sp³-hybridized carbons (Fsp3) is 0.389. The van der Waals surface area contributed by atoms with E-state index in [4.69, 9.17) is 5.26 Å². The molecule has 0 bridgehead atoms. The molecular weight excluding hydrogens is 300 g/mol. The van der Waals surface area contributed by atoms with Gasteiger partial charge in [0.15, 0.2) is 0 Å². The average Bonchev–Trinajstić information content (AvgIpc) is 2.62. The van der Waals surface area contributed by atoms with E-state index in [0.717, 1.165) is 49.9 Å². The highest BCUT2D eigenvalue weighted by Gasteiger charge is 2.17. The second-order valence-electron chi connectivity index (χ2n) is 5.93. The molecule has 0 unspecified atom stereocenters. The summed E-state index contributed by atoms with van der Waals surface area (Å²) < 4.78 is 0. The Bertz CT molecular complexity index is 726. The first kappa shape index (κ1) is 16.2. The standard InChI is InChI=1S/C18H22N6/c1-3-23-8-10-24(11-9-23)17-12-14(2)20-18(22-17)21-16-6-4-15(13-19)5-7-16/h4-7,12H,3,8-11H2,1-2H3,(H,20,21,22). The Morgan fingerprint density at radius 2 is 1.83 bits per heavy atom. The van der Waals surface area contributed by atoms with Gasteiger partial charge in [0.2, 0.25) is 5.95 Å². The lowest BCUT2D eigenvalue weighted by Crippen LogP contribution is -2.46. The third-order valence-electron chi connectivity index (χ3n) is 4.25. The third kappa shape index (κ3) is 3.81. The first-order valence-corrected chi connectivity index (χ1v) is 8.28. The Hall–Kier alpha value is -2.65. The van der Waals surface area contributed by atoms with Gasteiger partial charge in [0, 0.05) is 43.6 Å². The van der Waals surface area contributed by atoms with E-state index >= 15 is 0 Å². The molecule has 2 heterocycles. The monoisotopic (exact) mass is 322 g/mol. The van der Waals surface area contributed by atoms with Crippen LogP contribution in [0.25, 0.3) is 0 Å². The van der Waals surface area contributed by atoms with Crippen LogP contribution < -0.4 is 10.2 Å². The molecule has 0 amide bonds. The minimum Gasteiger partial charge on any atom is -0.354 e. The Morgan fingerprint density at radius 3 is 2.46 bits per heavy atom. The molecule has 124 valence electrons. The van der Waals surface area contributed by atoms with Crippen LogP contribution in [0, 0.1) is 18.3 Å². The highest BCUT2D eigenvalue weighted by molar-refractivity contribution is 5.57. The molecule has 1 aromatic carbocycles. The minimum atomic E-state index is 0.590. The van der Waals surface area contributed by atoms with Crippen molar-refractivity contribution in [1.29, 1.82) is 5.26 Å². The second-order valence-corrected chi connectivity index (χ2v) is 5.93. The SMILES string of the molecule is CCN1CCN(c2cc(C)nc(Nc3ccc(C#N)cc3)n2)CC1. The summed E-state index contributed by atoms with van der Waals surface area (Å²) in [6.45, 7) is 9.39. The number of nitriles is 1. The van der Waals surface area contributed by atoms with Gasteiger partial charge in [-0.2, -0.15) is 10.2 Å². The van der Waals surface area contributed by atoms with E-state index in [1.807, 2.05) is 25.1 Å². The van der Waals surface area contributed by atoms with Crippen LogP contribution in [-0.4, -0.2) is 47.6 Å². The van der Waals surface area contributed by atoms with Crippen LogP contribution in [0.4, 0.5) is 17.5 Å². The minimum absolute atomic E-state index is 0.590. The number of piperazine rings is 1. The maximum atomic E-state index is 8.87. The zero-order chi connectivity index (χ0) is 16.9. The molecule has 0 radical (unpaired) electrons. The van der Waals surface area contributed by atoms with Gasteiger partial charge in [-0.05, 0) is 37.7 Å². The fourth-order valence-electron chi connectivity index (χ4n) is 2.82. The summed E-state index contributed by atoms with van der Waals surface area (Å²) in [5.74, 6) is 1.56. The van der Waals surface area contributed by atoms with E-state index in [9.17, 15) is 0 Å². The van der Waals surface area contributed by atoms with Gasteiger partial charge >= 0.3 is 0 Å². The molecule has 1 saturated heterocycles. The van der Waals surface area contributed by atoms with Gasteiger partial charge < -0.3 is 15.1 Å². The van der Waals surface area contributed by atoms with Crippen molar-refractivity contribution < 1.29 is 0 Å². The fourth-order valence-corrected chi connectivity index (χ4v) is 2.82. The maximum absolute atomic E-state index is 8.87. The number of nitrogens with zero attached hydrogens (tertiary/aromatic N) is 5. The zero-order valence-electron chi connectivity index (χ0n) is 14.2. The molecule has 1 fully saturated rings. The summed E-state index contributed by atoms with van der Waals surface area (Å²) in [7, 11) is 0. The Kier molecular flexibility index (Phi) is 4.92.